The molecule has 1 aromatic carbocycles. The highest BCUT2D eigenvalue weighted by molar-refractivity contribution is 5.95. The van der Waals surface area contributed by atoms with E-state index < -0.39 is 5.60 Å². The van der Waals surface area contributed by atoms with Crippen LogP contribution in [0.4, 0.5) is 0 Å². The van der Waals surface area contributed by atoms with E-state index in [4.69, 9.17) is 4.74 Å². The molecule has 0 aliphatic carbocycles. The zero-order chi connectivity index (χ0) is 17.9. The molecule has 0 radical (unpaired) electrons. The van der Waals surface area contributed by atoms with Crippen molar-refractivity contribution < 1.29 is 14.6 Å². The van der Waals surface area contributed by atoms with Gasteiger partial charge in [0, 0.05) is 19.2 Å². The summed E-state index contributed by atoms with van der Waals surface area (Å²) in [7, 11) is 0. The van der Waals surface area contributed by atoms with Crippen LogP contribution in [0.3, 0.4) is 0 Å². The van der Waals surface area contributed by atoms with Crippen LogP contribution in [0.2, 0.25) is 0 Å². The number of hydrogen-bond donors (Lipinski definition) is 1. The Labute approximate surface area is 147 Å². The van der Waals surface area contributed by atoms with Crippen molar-refractivity contribution in [1.82, 2.24) is 14.9 Å². The highest BCUT2D eigenvalue weighted by Gasteiger charge is 2.38. The summed E-state index contributed by atoms with van der Waals surface area (Å²) >= 11 is 0. The summed E-state index contributed by atoms with van der Waals surface area (Å²) in [5.41, 5.74) is 2.60. The number of aryl methyl sites for hydroxylation is 2. The smallest absolute Gasteiger partial charge is 0.257 e. The van der Waals surface area contributed by atoms with Gasteiger partial charge >= 0.3 is 0 Å². The molecular formula is C19H23N3O3. The predicted octanol–water partition coefficient (Wildman–Crippen LogP) is 1.54. The van der Waals surface area contributed by atoms with Gasteiger partial charge in [-0.15, -0.1) is 0 Å². The van der Waals surface area contributed by atoms with E-state index >= 15 is 0 Å². The average Bonchev–Trinajstić information content (AvgIpc) is 2.62. The number of aromatic nitrogens is 2. The molecule has 2 aromatic rings. The number of rotatable bonds is 4. The first-order valence-corrected chi connectivity index (χ1v) is 8.39. The molecule has 1 atom stereocenters. The molecule has 0 unspecified atom stereocenters. The molecule has 1 aliphatic heterocycles. The third kappa shape index (κ3) is 3.86. The normalized spacial score (nSPS) is 20.5. The monoisotopic (exact) mass is 341 g/mol. The summed E-state index contributed by atoms with van der Waals surface area (Å²) in [6.07, 6.45) is 3.53. The van der Waals surface area contributed by atoms with Crippen LogP contribution >= 0.6 is 0 Å². The molecule has 2 heterocycles. The van der Waals surface area contributed by atoms with Gasteiger partial charge in [0.2, 0.25) is 0 Å². The lowest BCUT2D eigenvalue weighted by molar-refractivity contribution is -0.123. The van der Waals surface area contributed by atoms with Gasteiger partial charge in [-0.25, -0.2) is 9.97 Å². The second-order valence-electron chi connectivity index (χ2n) is 6.60. The highest BCUT2D eigenvalue weighted by atomic mass is 16.5. The standard InChI is InChI=1S/C19H23N3O3/c1-14-4-3-5-16(8-14)9-19(12-23)11-22(6-7-25-19)18(24)17-10-20-13-21-15(17)2/h3-5,8,10,13,23H,6-7,9,11-12H2,1-2H3/t19-/m0/s1. The van der Waals surface area contributed by atoms with E-state index in [0.29, 0.717) is 37.4 Å². The van der Waals surface area contributed by atoms with Crippen molar-refractivity contribution in [2.45, 2.75) is 25.9 Å². The first-order chi connectivity index (χ1) is 12.0. The Morgan fingerprint density at radius 1 is 1.40 bits per heavy atom. The first-order valence-electron chi connectivity index (χ1n) is 8.39. The molecule has 0 saturated carbocycles. The number of morpholine rings is 1. The van der Waals surface area contributed by atoms with E-state index in [1.165, 1.54) is 6.33 Å². The molecule has 3 rings (SSSR count). The molecule has 1 aliphatic rings. The van der Waals surface area contributed by atoms with Crippen LogP contribution in [0.25, 0.3) is 0 Å². The summed E-state index contributed by atoms with van der Waals surface area (Å²) in [4.78, 5) is 22.6. The maximum absolute atomic E-state index is 12.8. The number of benzene rings is 1. The summed E-state index contributed by atoms with van der Waals surface area (Å²) in [5.74, 6) is -0.122. The molecule has 1 N–H and O–H groups in total. The van der Waals surface area contributed by atoms with Gasteiger partial charge in [-0.05, 0) is 19.4 Å². The lowest BCUT2D eigenvalue weighted by Gasteiger charge is -2.42. The Hall–Kier alpha value is -2.31. The number of aliphatic hydroxyl groups excluding tert-OH is 1. The predicted molar refractivity (Wildman–Crippen MR) is 93.3 cm³/mol. The zero-order valence-corrected chi connectivity index (χ0v) is 14.6. The number of carbonyl (C=O) groups is 1. The van der Waals surface area contributed by atoms with E-state index in [1.54, 1.807) is 18.0 Å². The number of hydrogen-bond acceptors (Lipinski definition) is 5. The van der Waals surface area contributed by atoms with Gasteiger partial charge in [0.25, 0.3) is 5.91 Å². The van der Waals surface area contributed by atoms with Gasteiger partial charge in [-0.1, -0.05) is 29.8 Å². The maximum Gasteiger partial charge on any atom is 0.257 e. The van der Waals surface area contributed by atoms with Crippen molar-refractivity contribution in [3.8, 4) is 0 Å². The summed E-state index contributed by atoms with van der Waals surface area (Å²) in [5, 5.41) is 10.0. The van der Waals surface area contributed by atoms with Gasteiger partial charge in [-0.3, -0.25) is 4.79 Å². The molecule has 1 amide bonds. The van der Waals surface area contributed by atoms with Gasteiger partial charge in [0.15, 0.2) is 0 Å². The molecule has 0 bridgehead atoms. The third-order valence-electron chi connectivity index (χ3n) is 4.57. The van der Waals surface area contributed by atoms with Crippen LogP contribution in [0.5, 0.6) is 0 Å². The van der Waals surface area contributed by atoms with Crippen LogP contribution in [0, 0.1) is 13.8 Å². The average molecular weight is 341 g/mol. The molecule has 6 heteroatoms. The first kappa shape index (κ1) is 17.5. The molecule has 6 nitrogen and oxygen atoms in total. The molecular weight excluding hydrogens is 318 g/mol. The second kappa shape index (κ2) is 7.29. The Kier molecular flexibility index (Phi) is 5.11. The molecule has 1 aromatic heterocycles. The Balaban J connectivity index is 1.80. The summed E-state index contributed by atoms with van der Waals surface area (Å²) in [6.45, 7) is 4.90. The largest absolute Gasteiger partial charge is 0.393 e. The van der Waals surface area contributed by atoms with E-state index in [1.807, 2.05) is 25.1 Å². The van der Waals surface area contributed by atoms with Crippen LogP contribution in [0.1, 0.15) is 27.2 Å². The van der Waals surface area contributed by atoms with Crippen molar-refractivity contribution in [3.05, 3.63) is 59.2 Å². The minimum absolute atomic E-state index is 0.122. The van der Waals surface area contributed by atoms with E-state index in [2.05, 4.69) is 16.0 Å². The lowest BCUT2D eigenvalue weighted by Crippen LogP contribution is -2.57. The molecule has 0 spiro atoms. The molecule has 1 fully saturated rings. The van der Waals surface area contributed by atoms with Crippen molar-refractivity contribution in [3.63, 3.8) is 0 Å². The molecule has 1 saturated heterocycles. The Morgan fingerprint density at radius 2 is 2.24 bits per heavy atom. The van der Waals surface area contributed by atoms with Crippen molar-refractivity contribution in [2.24, 2.45) is 0 Å². The van der Waals surface area contributed by atoms with Crippen molar-refractivity contribution in [2.75, 3.05) is 26.3 Å². The second-order valence-corrected chi connectivity index (χ2v) is 6.60. The SMILES string of the molecule is Cc1cccc(C[C@@]2(CO)CN(C(=O)c3cncnc3C)CCO2)c1. The van der Waals surface area contributed by atoms with Crippen LogP contribution in [0.15, 0.2) is 36.8 Å². The minimum atomic E-state index is -0.786. The summed E-state index contributed by atoms with van der Waals surface area (Å²) < 4.78 is 5.93. The number of ether oxygens (including phenoxy) is 1. The number of nitrogens with zero attached hydrogens (tertiary/aromatic N) is 3. The number of aliphatic hydroxyl groups is 1. The fourth-order valence-electron chi connectivity index (χ4n) is 3.24. The van der Waals surface area contributed by atoms with Gasteiger partial charge in [0.05, 0.1) is 31.0 Å². The lowest BCUT2D eigenvalue weighted by atomic mass is 9.92. The van der Waals surface area contributed by atoms with Crippen LogP contribution < -0.4 is 0 Å². The summed E-state index contributed by atoms with van der Waals surface area (Å²) in [6, 6.07) is 8.12. The fraction of sp³-hybridized carbons (Fsp3) is 0.421. The maximum atomic E-state index is 12.8. The van der Waals surface area contributed by atoms with Gasteiger partial charge in [0.1, 0.15) is 11.9 Å². The Bertz CT molecular complexity index is 765. The minimum Gasteiger partial charge on any atom is -0.393 e. The van der Waals surface area contributed by atoms with E-state index in [9.17, 15) is 9.90 Å². The number of amides is 1. The van der Waals surface area contributed by atoms with Gasteiger partial charge in [-0.2, -0.15) is 0 Å². The highest BCUT2D eigenvalue weighted by Crippen LogP contribution is 2.25. The van der Waals surface area contributed by atoms with Crippen molar-refractivity contribution in [1.29, 1.82) is 0 Å². The Morgan fingerprint density at radius 3 is 2.96 bits per heavy atom. The molecule has 132 valence electrons. The number of carbonyl (C=O) groups excluding carboxylic acids is 1. The van der Waals surface area contributed by atoms with Crippen molar-refractivity contribution >= 4 is 5.91 Å². The quantitative estimate of drug-likeness (QED) is 0.913. The van der Waals surface area contributed by atoms with Crippen LogP contribution in [-0.2, 0) is 11.2 Å². The zero-order valence-electron chi connectivity index (χ0n) is 14.6. The molecule has 25 heavy (non-hydrogen) atoms. The third-order valence-corrected chi connectivity index (χ3v) is 4.57. The topological polar surface area (TPSA) is 75.5 Å². The van der Waals surface area contributed by atoms with E-state index in [0.717, 1.165) is 11.1 Å². The van der Waals surface area contributed by atoms with Crippen LogP contribution in [-0.4, -0.2) is 57.8 Å². The fourth-order valence-corrected chi connectivity index (χ4v) is 3.24. The van der Waals surface area contributed by atoms with E-state index in [-0.39, 0.29) is 12.5 Å². The van der Waals surface area contributed by atoms with Gasteiger partial charge < -0.3 is 14.7 Å².